The van der Waals surface area contributed by atoms with Gasteiger partial charge in [-0.2, -0.15) is 0 Å². The molecule has 2 nitrogen and oxygen atoms in total. The molecule has 2 aromatic carbocycles. The van der Waals surface area contributed by atoms with Gasteiger partial charge in [-0.1, -0.05) is 60.1 Å². The van der Waals surface area contributed by atoms with Crippen LogP contribution in [0, 0.1) is 0 Å². The first-order valence-corrected chi connectivity index (χ1v) is 8.69. The highest BCUT2D eigenvalue weighted by atomic mass is 79.9. The van der Waals surface area contributed by atoms with E-state index >= 15 is 0 Å². The molecule has 0 unspecified atom stereocenters. The Morgan fingerprint density at radius 1 is 1.10 bits per heavy atom. The summed E-state index contributed by atoms with van der Waals surface area (Å²) in [6, 6.07) is 14.4. The molecule has 21 heavy (non-hydrogen) atoms. The first-order chi connectivity index (χ1) is 10.2. The Labute approximate surface area is 135 Å². The molecule has 0 N–H and O–H groups in total. The van der Waals surface area contributed by atoms with Crippen LogP contribution in [0.1, 0.15) is 37.0 Å². The predicted molar refractivity (Wildman–Crippen MR) is 93.1 cm³/mol. The number of hydrogen-bond acceptors (Lipinski definition) is 1. The fourth-order valence-corrected chi connectivity index (χ4v) is 3.14. The highest BCUT2D eigenvalue weighted by Gasteiger charge is 2.21. The number of benzene rings is 2. The van der Waals surface area contributed by atoms with E-state index in [2.05, 4.69) is 41.9 Å². The monoisotopic (exact) mass is 347 g/mol. The minimum atomic E-state index is 0.133. The number of alkyl halides is 1. The zero-order valence-electron chi connectivity index (χ0n) is 12.7. The minimum absolute atomic E-state index is 0.133. The molecular formula is C18H22BrNO. The van der Waals surface area contributed by atoms with Crippen LogP contribution in [0.25, 0.3) is 10.8 Å². The Balaban J connectivity index is 2.33. The van der Waals surface area contributed by atoms with Crippen molar-refractivity contribution in [3.05, 3.63) is 48.0 Å². The summed E-state index contributed by atoms with van der Waals surface area (Å²) in [5.41, 5.74) is 0.779. The van der Waals surface area contributed by atoms with Gasteiger partial charge in [-0.25, -0.2) is 0 Å². The molecule has 0 aromatic heterocycles. The molecule has 3 heteroatoms. The van der Waals surface area contributed by atoms with Crippen molar-refractivity contribution in [1.29, 1.82) is 0 Å². The maximum Gasteiger partial charge on any atom is 0.254 e. The van der Waals surface area contributed by atoms with E-state index < -0.39 is 0 Å². The third-order valence-corrected chi connectivity index (χ3v) is 4.32. The molecule has 1 amide bonds. The van der Waals surface area contributed by atoms with Crippen LogP contribution in [-0.2, 0) is 0 Å². The molecule has 112 valence electrons. The van der Waals surface area contributed by atoms with Gasteiger partial charge >= 0.3 is 0 Å². The summed E-state index contributed by atoms with van der Waals surface area (Å²) in [6.45, 7) is 5.03. The number of fused-ring (bicyclic) bond motifs is 1. The van der Waals surface area contributed by atoms with E-state index in [1.165, 1.54) is 5.39 Å². The van der Waals surface area contributed by atoms with Crippen molar-refractivity contribution >= 4 is 32.6 Å². The summed E-state index contributed by atoms with van der Waals surface area (Å²) in [4.78, 5) is 14.8. The zero-order chi connectivity index (χ0) is 15.2. The van der Waals surface area contributed by atoms with Crippen molar-refractivity contribution in [2.24, 2.45) is 0 Å². The first-order valence-electron chi connectivity index (χ1n) is 7.57. The molecule has 0 aliphatic heterocycles. The largest absolute Gasteiger partial charge is 0.335 e. The zero-order valence-corrected chi connectivity index (χ0v) is 14.3. The number of carbonyl (C=O) groups is 1. The molecule has 0 aliphatic carbocycles. The Morgan fingerprint density at radius 3 is 2.38 bits per heavy atom. The summed E-state index contributed by atoms with van der Waals surface area (Å²) >= 11 is 3.46. The van der Waals surface area contributed by atoms with Crippen LogP contribution in [0.4, 0.5) is 0 Å². The number of nitrogens with zero attached hydrogens (tertiary/aromatic N) is 1. The normalized spacial score (nSPS) is 11.0. The second-order valence-electron chi connectivity index (χ2n) is 5.22. The topological polar surface area (TPSA) is 20.3 Å². The van der Waals surface area contributed by atoms with Gasteiger partial charge < -0.3 is 4.90 Å². The van der Waals surface area contributed by atoms with Gasteiger partial charge in [-0.05, 0) is 35.7 Å². The highest BCUT2D eigenvalue weighted by Crippen LogP contribution is 2.19. The minimum Gasteiger partial charge on any atom is -0.335 e. The predicted octanol–water partition coefficient (Wildman–Crippen LogP) is 4.87. The van der Waals surface area contributed by atoms with Gasteiger partial charge in [0.2, 0.25) is 0 Å². The lowest BCUT2D eigenvalue weighted by Gasteiger charge is -2.30. The lowest BCUT2D eigenvalue weighted by Crippen LogP contribution is -2.41. The van der Waals surface area contributed by atoms with Gasteiger partial charge in [0.25, 0.3) is 5.91 Å². The van der Waals surface area contributed by atoms with Crippen LogP contribution in [0.5, 0.6) is 0 Å². The Morgan fingerprint density at radius 2 is 1.76 bits per heavy atom. The second-order valence-corrected chi connectivity index (χ2v) is 6.01. The second kappa shape index (κ2) is 7.60. The molecule has 0 heterocycles. The van der Waals surface area contributed by atoms with Gasteiger partial charge in [0, 0.05) is 23.5 Å². The highest BCUT2D eigenvalue weighted by molar-refractivity contribution is 9.09. The van der Waals surface area contributed by atoms with Crippen molar-refractivity contribution in [3.8, 4) is 0 Å². The summed E-state index contributed by atoms with van der Waals surface area (Å²) in [5.74, 6) is 0.133. The fraction of sp³-hybridized carbons (Fsp3) is 0.389. The van der Waals surface area contributed by atoms with Crippen LogP contribution in [0.2, 0.25) is 0 Å². The third-order valence-electron chi connectivity index (χ3n) is 3.97. The third kappa shape index (κ3) is 3.65. The van der Waals surface area contributed by atoms with Gasteiger partial charge in [-0.15, -0.1) is 0 Å². The van der Waals surface area contributed by atoms with Gasteiger partial charge in [0.1, 0.15) is 0 Å². The van der Waals surface area contributed by atoms with Gasteiger partial charge in [0.05, 0.1) is 0 Å². The number of amides is 1. The lowest BCUT2D eigenvalue weighted by molar-refractivity contribution is 0.0683. The summed E-state index contributed by atoms with van der Waals surface area (Å²) in [5, 5.41) is 3.10. The molecule has 0 atom stereocenters. The molecule has 2 rings (SSSR count). The number of halogens is 1. The molecule has 0 saturated heterocycles. The Hall–Kier alpha value is -1.35. The lowest BCUT2D eigenvalue weighted by atomic mass is 10.0. The van der Waals surface area contributed by atoms with Crippen molar-refractivity contribution < 1.29 is 4.79 Å². The van der Waals surface area contributed by atoms with Crippen molar-refractivity contribution in [2.45, 2.75) is 32.7 Å². The van der Waals surface area contributed by atoms with Crippen molar-refractivity contribution in [3.63, 3.8) is 0 Å². The van der Waals surface area contributed by atoms with Crippen LogP contribution >= 0.6 is 15.9 Å². The maximum absolute atomic E-state index is 12.8. The standard InChI is InChI=1S/C18H22BrNO/c1-3-17(4-2)20(12-11-19)18(21)16-10-9-14-7-5-6-8-15(14)13-16/h5-10,13,17H,3-4,11-12H2,1-2H3. The summed E-state index contributed by atoms with van der Waals surface area (Å²) < 4.78 is 0. The van der Waals surface area contributed by atoms with Crippen molar-refractivity contribution in [1.82, 2.24) is 4.90 Å². The van der Waals surface area contributed by atoms with Gasteiger partial charge in [-0.3, -0.25) is 4.79 Å². The van der Waals surface area contributed by atoms with E-state index in [1.807, 2.05) is 35.2 Å². The maximum atomic E-state index is 12.8. The molecule has 0 radical (unpaired) electrons. The van der Waals surface area contributed by atoms with E-state index in [1.54, 1.807) is 0 Å². The van der Waals surface area contributed by atoms with E-state index in [9.17, 15) is 4.79 Å². The van der Waals surface area contributed by atoms with Crippen LogP contribution in [0.3, 0.4) is 0 Å². The van der Waals surface area contributed by atoms with E-state index in [0.717, 1.165) is 35.7 Å². The van der Waals surface area contributed by atoms with Crippen LogP contribution < -0.4 is 0 Å². The molecule has 0 aliphatic rings. The SMILES string of the molecule is CCC(CC)N(CCBr)C(=O)c1ccc2ccccc2c1. The fourth-order valence-electron chi connectivity index (χ4n) is 2.76. The number of carbonyl (C=O) groups excluding carboxylic acids is 1. The molecule has 0 spiro atoms. The smallest absolute Gasteiger partial charge is 0.254 e. The number of rotatable bonds is 6. The van der Waals surface area contributed by atoms with Gasteiger partial charge in [0.15, 0.2) is 0 Å². The molecular weight excluding hydrogens is 326 g/mol. The van der Waals surface area contributed by atoms with Crippen molar-refractivity contribution in [2.75, 3.05) is 11.9 Å². The van der Waals surface area contributed by atoms with Crippen LogP contribution in [-0.4, -0.2) is 28.7 Å². The van der Waals surface area contributed by atoms with E-state index in [0.29, 0.717) is 6.04 Å². The summed E-state index contributed by atoms with van der Waals surface area (Å²) in [7, 11) is 0. The van der Waals surface area contributed by atoms with E-state index in [-0.39, 0.29) is 5.91 Å². The average Bonchev–Trinajstić information content (AvgIpc) is 2.54. The number of hydrogen-bond donors (Lipinski definition) is 0. The first kappa shape index (κ1) is 16.0. The Kier molecular flexibility index (Phi) is 5.80. The molecule has 0 fully saturated rings. The summed E-state index contributed by atoms with van der Waals surface area (Å²) in [6.07, 6.45) is 1.98. The quantitative estimate of drug-likeness (QED) is 0.683. The molecule has 0 saturated carbocycles. The Bertz CT molecular complexity index is 607. The molecule has 2 aromatic rings. The van der Waals surface area contributed by atoms with E-state index in [4.69, 9.17) is 0 Å². The average molecular weight is 348 g/mol. The molecule has 0 bridgehead atoms. The van der Waals surface area contributed by atoms with Crippen LogP contribution in [0.15, 0.2) is 42.5 Å².